The van der Waals surface area contributed by atoms with Gasteiger partial charge in [-0.15, -0.1) is 0 Å². The Kier molecular flexibility index (Phi) is 24.8. The standard InChI is InChI=1S/C2H4O2.H3N.Ni/c1-2(3)4;;/h1H3,(H,3,4);1H3;/q;;+2. The van der Waals surface area contributed by atoms with E-state index in [1.54, 1.807) is 0 Å². The Labute approximate surface area is 46.2 Å². The molecule has 0 radical (unpaired) electrons. The zero-order chi connectivity index (χ0) is 3.58. The predicted octanol–water partition coefficient (Wildman–Crippen LogP) is -0.870. The Morgan fingerprint density at radius 3 is 1.67 bits per heavy atom. The van der Waals surface area contributed by atoms with E-state index in [-0.39, 0.29) is 22.6 Å². The van der Waals surface area contributed by atoms with Crippen LogP contribution in [0.2, 0.25) is 0 Å². The molecule has 0 aliphatic heterocycles. The van der Waals surface area contributed by atoms with Crippen molar-refractivity contribution < 1.29 is 26.4 Å². The van der Waals surface area contributed by atoms with Gasteiger partial charge >= 0.3 is 16.5 Å². The Morgan fingerprint density at radius 2 is 1.67 bits per heavy atom. The van der Waals surface area contributed by atoms with Crippen molar-refractivity contribution in [1.82, 2.24) is 6.15 Å². The van der Waals surface area contributed by atoms with Crippen molar-refractivity contribution in [1.29, 1.82) is 0 Å². The minimum Gasteiger partial charge on any atom is -0.550 e. The molecule has 6 heavy (non-hydrogen) atoms. The van der Waals surface area contributed by atoms with E-state index in [9.17, 15) is 0 Å². The Morgan fingerprint density at radius 1 is 1.67 bits per heavy atom. The number of aliphatic carboxylic acids is 1. The van der Waals surface area contributed by atoms with Gasteiger partial charge in [0.25, 0.3) is 0 Å². The SMILES string of the molecule is CC(=O)[O-].[NH4+].[Ni+2]. The molecule has 0 fully saturated rings. The molecular weight excluding hydrogens is 129 g/mol. The molecule has 3 nitrogen and oxygen atoms in total. The van der Waals surface area contributed by atoms with Gasteiger partial charge in [0.2, 0.25) is 0 Å². The second-order valence-corrected chi connectivity index (χ2v) is 0.492. The first kappa shape index (κ1) is 16.8. The summed E-state index contributed by atoms with van der Waals surface area (Å²) in [5, 5.41) is 8.89. The number of hydrogen-bond donors (Lipinski definition) is 1. The Balaban J connectivity index is -0.0000000450. The second kappa shape index (κ2) is 8.87. The van der Waals surface area contributed by atoms with Gasteiger partial charge in [-0.3, -0.25) is 0 Å². The maximum atomic E-state index is 8.89. The zero-order valence-corrected chi connectivity index (χ0v) is 4.62. The van der Waals surface area contributed by atoms with Gasteiger partial charge in [0.15, 0.2) is 0 Å². The molecule has 0 amide bonds. The average molecular weight is 136 g/mol. The smallest absolute Gasteiger partial charge is 0.550 e. The van der Waals surface area contributed by atoms with Crippen LogP contribution in [0.4, 0.5) is 0 Å². The molecule has 0 aromatic carbocycles. The number of carbonyl (C=O) groups is 1. The second-order valence-electron chi connectivity index (χ2n) is 0.492. The van der Waals surface area contributed by atoms with Crippen LogP contribution in [0.3, 0.4) is 0 Å². The number of hydrogen-bond acceptors (Lipinski definition) is 2. The fourth-order valence-electron chi connectivity index (χ4n) is 0. The summed E-state index contributed by atoms with van der Waals surface area (Å²) in [6.45, 7) is 0.972. The summed E-state index contributed by atoms with van der Waals surface area (Å²) in [5.41, 5.74) is 0. The number of rotatable bonds is 0. The summed E-state index contributed by atoms with van der Waals surface area (Å²) in [6, 6.07) is 0. The van der Waals surface area contributed by atoms with Crippen LogP contribution in [-0.2, 0) is 21.3 Å². The van der Waals surface area contributed by atoms with E-state index in [0.717, 1.165) is 6.92 Å². The van der Waals surface area contributed by atoms with Crippen LogP contribution in [0.25, 0.3) is 0 Å². The molecule has 0 atom stereocenters. The first-order valence-corrected chi connectivity index (χ1v) is 0.908. The number of carboxylic acids is 1. The molecule has 0 aromatic rings. The fourth-order valence-corrected chi connectivity index (χ4v) is 0. The number of quaternary nitrogens is 1. The minimum atomic E-state index is -1.08. The van der Waals surface area contributed by atoms with Crippen molar-refractivity contribution in [3.63, 3.8) is 0 Å². The number of carboxylic acid groups (broad SMARTS) is 1. The first-order chi connectivity index (χ1) is 1.73. The summed E-state index contributed by atoms with van der Waals surface area (Å²) in [7, 11) is 0. The third-order valence-electron chi connectivity index (χ3n) is 0. The molecule has 0 bridgehead atoms. The Bertz CT molecular complexity index is 34.5. The van der Waals surface area contributed by atoms with Crippen LogP contribution >= 0.6 is 0 Å². The van der Waals surface area contributed by atoms with Crippen LogP contribution < -0.4 is 11.3 Å². The van der Waals surface area contributed by atoms with Crippen LogP contribution in [0.5, 0.6) is 0 Å². The Hall–Kier alpha value is -0.0765. The van der Waals surface area contributed by atoms with Crippen LogP contribution in [0.15, 0.2) is 0 Å². The molecule has 0 spiro atoms. The number of carbonyl (C=O) groups excluding carboxylic acids is 1. The molecule has 0 heterocycles. The summed E-state index contributed by atoms with van der Waals surface area (Å²) in [6.07, 6.45) is 0. The minimum absolute atomic E-state index is 0. The predicted molar refractivity (Wildman–Crippen MR) is 16.7 cm³/mol. The van der Waals surface area contributed by atoms with Gasteiger partial charge in [-0.2, -0.15) is 0 Å². The molecular formula is C2H7NNiO2+2. The van der Waals surface area contributed by atoms with Crippen molar-refractivity contribution in [3.8, 4) is 0 Å². The normalized spacial score (nSPS) is 4.17. The van der Waals surface area contributed by atoms with Crippen LogP contribution in [-0.4, -0.2) is 5.97 Å². The molecule has 4 heteroatoms. The molecule has 0 unspecified atom stereocenters. The van der Waals surface area contributed by atoms with Gasteiger partial charge in [-0.25, -0.2) is 0 Å². The summed E-state index contributed by atoms with van der Waals surface area (Å²) in [5.74, 6) is -1.08. The summed E-state index contributed by atoms with van der Waals surface area (Å²) < 4.78 is 0. The van der Waals surface area contributed by atoms with Gasteiger partial charge in [-0.05, 0) is 6.92 Å². The molecule has 0 aliphatic carbocycles. The van der Waals surface area contributed by atoms with E-state index in [2.05, 4.69) is 0 Å². The van der Waals surface area contributed by atoms with Crippen LogP contribution in [0.1, 0.15) is 6.92 Å². The quantitative estimate of drug-likeness (QED) is 0.439. The molecule has 40 valence electrons. The van der Waals surface area contributed by atoms with E-state index in [4.69, 9.17) is 9.90 Å². The largest absolute Gasteiger partial charge is 2.00 e. The maximum Gasteiger partial charge on any atom is 2.00 e. The van der Waals surface area contributed by atoms with Crippen LogP contribution in [0, 0.1) is 0 Å². The van der Waals surface area contributed by atoms with Crippen molar-refractivity contribution in [2.45, 2.75) is 6.92 Å². The molecule has 0 rings (SSSR count). The van der Waals surface area contributed by atoms with E-state index in [0.29, 0.717) is 0 Å². The molecule has 0 aliphatic rings. The van der Waals surface area contributed by atoms with Crippen molar-refractivity contribution in [2.24, 2.45) is 0 Å². The van der Waals surface area contributed by atoms with Crippen molar-refractivity contribution in [2.75, 3.05) is 0 Å². The zero-order valence-electron chi connectivity index (χ0n) is 3.63. The topological polar surface area (TPSA) is 76.6 Å². The van der Waals surface area contributed by atoms with E-state index < -0.39 is 5.97 Å². The fraction of sp³-hybridized carbons (Fsp3) is 0.500. The molecule has 0 saturated carbocycles. The van der Waals surface area contributed by atoms with Crippen molar-refractivity contribution >= 4 is 5.97 Å². The third kappa shape index (κ3) is 5730. The van der Waals surface area contributed by atoms with E-state index in [1.807, 2.05) is 0 Å². The van der Waals surface area contributed by atoms with Gasteiger partial charge in [0, 0.05) is 5.97 Å². The van der Waals surface area contributed by atoms with Gasteiger partial charge in [0.05, 0.1) is 0 Å². The summed E-state index contributed by atoms with van der Waals surface area (Å²) >= 11 is 0. The van der Waals surface area contributed by atoms with E-state index >= 15 is 0 Å². The molecule has 4 N–H and O–H groups in total. The van der Waals surface area contributed by atoms with E-state index in [1.165, 1.54) is 0 Å². The van der Waals surface area contributed by atoms with Crippen molar-refractivity contribution in [3.05, 3.63) is 0 Å². The average Bonchev–Trinajstić information content (AvgIpc) is 0.811. The monoisotopic (exact) mass is 135 g/mol. The third-order valence-corrected chi connectivity index (χ3v) is 0. The first-order valence-electron chi connectivity index (χ1n) is 0.908. The maximum absolute atomic E-state index is 8.89. The summed E-state index contributed by atoms with van der Waals surface area (Å²) in [4.78, 5) is 8.89. The van der Waals surface area contributed by atoms with Gasteiger partial charge in [0.1, 0.15) is 0 Å². The molecule has 0 saturated heterocycles. The van der Waals surface area contributed by atoms with Gasteiger partial charge < -0.3 is 16.1 Å². The molecule has 0 aromatic heterocycles. The van der Waals surface area contributed by atoms with Gasteiger partial charge in [-0.1, -0.05) is 0 Å².